The van der Waals surface area contributed by atoms with Crippen LogP contribution in [0.4, 0.5) is 0 Å². The molecule has 0 spiro atoms. The number of aromatic nitrogens is 2. The first-order valence-electron chi connectivity index (χ1n) is 9.11. The zero-order chi connectivity index (χ0) is 21.5. The summed E-state index contributed by atoms with van der Waals surface area (Å²) in [7, 11) is 1.24. The number of ether oxygens (including phenoxy) is 2. The summed E-state index contributed by atoms with van der Waals surface area (Å²) < 4.78 is 12.2. The number of methoxy groups -OCH3 is 1. The van der Waals surface area contributed by atoms with Gasteiger partial charge in [0, 0.05) is 24.0 Å². The molecule has 1 aromatic heterocycles. The van der Waals surface area contributed by atoms with Crippen molar-refractivity contribution in [3.8, 4) is 5.75 Å². The third-order valence-electron chi connectivity index (χ3n) is 3.80. The van der Waals surface area contributed by atoms with Crippen LogP contribution in [0.5, 0.6) is 5.75 Å². The summed E-state index contributed by atoms with van der Waals surface area (Å²) >= 11 is 1.02. The highest BCUT2D eigenvalue weighted by Gasteiger charge is 2.25. The van der Waals surface area contributed by atoms with Gasteiger partial charge in [-0.1, -0.05) is 0 Å². The molecular formula is C20H21N5O4S. The van der Waals surface area contributed by atoms with Crippen molar-refractivity contribution in [2.75, 3.05) is 7.11 Å². The number of hydrogen-bond acceptors (Lipinski definition) is 8. The zero-order valence-corrected chi connectivity index (χ0v) is 17.5. The number of hydrogen-bond donors (Lipinski definition) is 1. The Bertz CT molecular complexity index is 1010. The summed E-state index contributed by atoms with van der Waals surface area (Å²) in [6, 6.07) is 7.57. The predicted octanol–water partition coefficient (Wildman–Crippen LogP) is 2.33. The smallest absolute Gasteiger partial charge is 0.331 e. The summed E-state index contributed by atoms with van der Waals surface area (Å²) in [6.07, 6.45) is 6.34. The van der Waals surface area contributed by atoms with Gasteiger partial charge in [-0.05, 0) is 55.4 Å². The molecule has 1 amide bonds. The Morgan fingerprint density at radius 1 is 1.40 bits per heavy atom. The molecule has 0 radical (unpaired) electrons. The number of carbonyl (C=O) groups excluding carboxylic acids is 2. The fourth-order valence-electron chi connectivity index (χ4n) is 2.53. The van der Waals surface area contributed by atoms with E-state index in [2.05, 4.69) is 25.4 Å². The van der Waals surface area contributed by atoms with Gasteiger partial charge >= 0.3 is 5.97 Å². The minimum absolute atomic E-state index is 0.0440. The Morgan fingerprint density at radius 2 is 2.23 bits per heavy atom. The number of amides is 1. The highest BCUT2D eigenvalue weighted by molar-refractivity contribution is 8.18. The molecule has 1 aliphatic rings. The molecule has 0 unspecified atom stereocenters. The normalized spacial score (nSPS) is 16.6. The fourth-order valence-corrected chi connectivity index (χ4v) is 3.27. The van der Waals surface area contributed by atoms with E-state index in [0.29, 0.717) is 6.54 Å². The molecule has 1 N–H and O–H groups in total. The molecule has 1 aliphatic heterocycles. The van der Waals surface area contributed by atoms with Gasteiger partial charge in [0.2, 0.25) is 0 Å². The molecule has 2 heterocycles. The molecule has 9 nitrogen and oxygen atoms in total. The number of carbonyl (C=O) groups is 2. The van der Waals surface area contributed by atoms with Crippen molar-refractivity contribution < 1.29 is 19.1 Å². The average Bonchev–Trinajstić information content (AvgIpc) is 3.33. The van der Waals surface area contributed by atoms with Crippen molar-refractivity contribution >= 4 is 35.0 Å². The first-order valence-corrected chi connectivity index (χ1v) is 9.93. The van der Waals surface area contributed by atoms with Crippen molar-refractivity contribution in [3.05, 3.63) is 58.8 Å². The Hall–Kier alpha value is -3.40. The highest BCUT2D eigenvalue weighted by Crippen LogP contribution is 2.24. The van der Waals surface area contributed by atoms with E-state index in [0.717, 1.165) is 34.7 Å². The molecule has 1 aromatic carbocycles. The number of nitrogens with one attached hydrogen (secondary N) is 1. The van der Waals surface area contributed by atoms with Gasteiger partial charge in [-0.2, -0.15) is 10.2 Å². The van der Waals surface area contributed by atoms with Gasteiger partial charge in [0.05, 0.1) is 30.9 Å². The number of amidine groups is 1. The van der Waals surface area contributed by atoms with Crippen LogP contribution in [-0.2, 0) is 20.9 Å². The Morgan fingerprint density at radius 3 is 2.93 bits per heavy atom. The van der Waals surface area contributed by atoms with Crippen molar-refractivity contribution in [3.63, 3.8) is 0 Å². The van der Waals surface area contributed by atoms with Crippen LogP contribution < -0.4 is 10.1 Å². The Balaban J connectivity index is 1.75. The molecule has 30 heavy (non-hydrogen) atoms. The second-order valence-electron chi connectivity index (χ2n) is 6.48. The van der Waals surface area contributed by atoms with Gasteiger partial charge in [-0.25, -0.2) is 4.79 Å². The Kier molecular flexibility index (Phi) is 7.02. The van der Waals surface area contributed by atoms with E-state index >= 15 is 0 Å². The topological polar surface area (TPSA) is 107 Å². The lowest BCUT2D eigenvalue weighted by Gasteiger charge is -2.15. The van der Waals surface area contributed by atoms with Gasteiger partial charge < -0.3 is 9.47 Å². The molecule has 1 saturated heterocycles. The zero-order valence-electron chi connectivity index (χ0n) is 16.7. The minimum atomic E-state index is -0.606. The standard InChI is InChI=1S/C20H21N5O4S/c1-13(2)29-16-6-5-14(9-15(16)12-25-8-4-7-22-25)11-21-24-20-23-19(27)17(30-20)10-18(26)28-3/h4-11,13H,12H2,1-3H3,(H,23,24,27)/b17-10+,21-11?. The molecule has 3 rings (SSSR count). The first kappa shape index (κ1) is 21.3. The summed E-state index contributed by atoms with van der Waals surface area (Å²) in [6.45, 7) is 4.50. The van der Waals surface area contributed by atoms with E-state index in [-0.39, 0.29) is 16.2 Å². The number of benzene rings is 1. The van der Waals surface area contributed by atoms with Crippen molar-refractivity contribution in [1.29, 1.82) is 0 Å². The third-order valence-corrected chi connectivity index (χ3v) is 4.70. The molecule has 0 saturated carbocycles. The SMILES string of the molecule is COC(=O)/C=C1/S/C(=N\N=Cc2ccc(OC(C)C)c(Cn3cccn3)c2)NC1=O. The molecular weight excluding hydrogens is 406 g/mol. The van der Waals surface area contributed by atoms with E-state index in [1.54, 1.807) is 12.4 Å². The van der Waals surface area contributed by atoms with Gasteiger partial charge in [-0.15, -0.1) is 5.10 Å². The van der Waals surface area contributed by atoms with Crippen LogP contribution in [0.2, 0.25) is 0 Å². The molecule has 0 bridgehead atoms. The van der Waals surface area contributed by atoms with E-state index < -0.39 is 11.9 Å². The summed E-state index contributed by atoms with van der Waals surface area (Å²) in [5.74, 6) is -0.248. The second kappa shape index (κ2) is 9.88. The van der Waals surface area contributed by atoms with E-state index in [4.69, 9.17) is 4.74 Å². The predicted molar refractivity (Wildman–Crippen MR) is 114 cm³/mol. The summed E-state index contributed by atoms with van der Waals surface area (Å²) in [5.41, 5.74) is 1.77. The fraction of sp³-hybridized carbons (Fsp3) is 0.250. The number of rotatable bonds is 7. The monoisotopic (exact) mass is 427 g/mol. The van der Waals surface area contributed by atoms with E-state index in [1.165, 1.54) is 7.11 Å². The number of esters is 1. The second-order valence-corrected chi connectivity index (χ2v) is 7.51. The lowest BCUT2D eigenvalue weighted by Crippen LogP contribution is -2.19. The molecule has 0 aliphatic carbocycles. The van der Waals surface area contributed by atoms with E-state index in [9.17, 15) is 9.59 Å². The van der Waals surface area contributed by atoms with Crippen LogP contribution in [-0.4, -0.2) is 46.3 Å². The lowest BCUT2D eigenvalue weighted by molar-refractivity contribution is -0.135. The minimum Gasteiger partial charge on any atom is -0.491 e. The number of nitrogens with zero attached hydrogens (tertiary/aromatic N) is 4. The van der Waals surface area contributed by atoms with Gasteiger partial charge in [0.1, 0.15) is 5.75 Å². The van der Waals surface area contributed by atoms with E-state index in [1.807, 2.05) is 49.0 Å². The van der Waals surface area contributed by atoms with Crippen LogP contribution in [0.25, 0.3) is 0 Å². The Labute approximate surface area is 177 Å². The highest BCUT2D eigenvalue weighted by atomic mass is 32.2. The maximum atomic E-state index is 11.8. The number of thioether (sulfide) groups is 1. The third kappa shape index (κ3) is 5.80. The molecule has 156 valence electrons. The molecule has 1 fully saturated rings. The summed E-state index contributed by atoms with van der Waals surface area (Å²) in [5, 5.41) is 15.1. The average molecular weight is 427 g/mol. The first-order chi connectivity index (χ1) is 14.4. The van der Waals surface area contributed by atoms with Crippen LogP contribution in [0.15, 0.2) is 57.8 Å². The van der Waals surface area contributed by atoms with Crippen molar-refractivity contribution in [1.82, 2.24) is 15.1 Å². The van der Waals surface area contributed by atoms with Crippen LogP contribution in [0, 0.1) is 0 Å². The van der Waals surface area contributed by atoms with Crippen molar-refractivity contribution in [2.24, 2.45) is 10.2 Å². The van der Waals surface area contributed by atoms with Gasteiger partial charge in [0.15, 0.2) is 5.17 Å². The van der Waals surface area contributed by atoms with Gasteiger partial charge in [0.25, 0.3) is 5.91 Å². The summed E-state index contributed by atoms with van der Waals surface area (Å²) in [4.78, 5) is 23.3. The van der Waals surface area contributed by atoms with Crippen LogP contribution in [0.1, 0.15) is 25.0 Å². The largest absolute Gasteiger partial charge is 0.491 e. The maximum Gasteiger partial charge on any atom is 0.331 e. The van der Waals surface area contributed by atoms with Gasteiger partial charge in [-0.3, -0.25) is 14.8 Å². The molecule has 10 heteroatoms. The van der Waals surface area contributed by atoms with Crippen molar-refractivity contribution in [2.45, 2.75) is 26.5 Å². The quantitative estimate of drug-likeness (QED) is 0.315. The van der Waals surface area contributed by atoms with Crippen LogP contribution >= 0.6 is 11.8 Å². The molecule has 0 atom stereocenters. The van der Waals surface area contributed by atoms with Crippen LogP contribution in [0.3, 0.4) is 0 Å². The lowest BCUT2D eigenvalue weighted by atomic mass is 10.1. The molecule has 2 aromatic rings. The maximum absolute atomic E-state index is 11.8.